The highest BCUT2D eigenvalue weighted by atomic mass is 16.5. The van der Waals surface area contributed by atoms with Gasteiger partial charge in [0.2, 0.25) is 5.89 Å². The van der Waals surface area contributed by atoms with E-state index in [9.17, 15) is 0 Å². The Morgan fingerprint density at radius 1 is 1.24 bits per heavy atom. The van der Waals surface area contributed by atoms with Crippen LogP contribution in [-0.2, 0) is 16.7 Å². The summed E-state index contributed by atoms with van der Waals surface area (Å²) in [6.45, 7) is 2.27. The van der Waals surface area contributed by atoms with E-state index in [1.165, 1.54) is 44.3 Å². The Kier molecular flexibility index (Phi) is 3.54. The first kappa shape index (κ1) is 13.8. The van der Waals surface area contributed by atoms with Crippen LogP contribution in [0, 0.1) is 17.8 Å². The van der Waals surface area contributed by atoms with Gasteiger partial charge in [-0.25, -0.2) is 4.98 Å². The quantitative estimate of drug-likeness (QED) is 0.818. The van der Waals surface area contributed by atoms with Crippen molar-refractivity contribution in [2.75, 3.05) is 20.3 Å². The van der Waals surface area contributed by atoms with Crippen molar-refractivity contribution >= 4 is 0 Å². The lowest BCUT2D eigenvalue weighted by atomic mass is 9.49. The molecule has 1 aromatic rings. The summed E-state index contributed by atoms with van der Waals surface area (Å²) < 4.78 is 11.2. The minimum Gasteiger partial charge on any atom is -0.444 e. The predicted octanol–water partition coefficient (Wildman–Crippen LogP) is 2.88. The van der Waals surface area contributed by atoms with E-state index >= 15 is 0 Å². The number of hydrogen-bond acceptors (Lipinski definition) is 4. The van der Waals surface area contributed by atoms with Gasteiger partial charge in [-0.1, -0.05) is 0 Å². The van der Waals surface area contributed by atoms with Gasteiger partial charge in [-0.15, -0.1) is 0 Å². The standard InChI is InChI=1S/C17H26N2O2/c1-20-3-2-18-11-16-19-10-15(21-16)17-7-12-4-13(8-17)6-14(5-12)9-17/h10,12-14,18H,2-9,11H2,1H3. The minimum absolute atomic E-state index is 0.326. The largest absolute Gasteiger partial charge is 0.444 e. The lowest BCUT2D eigenvalue weighted by molar-refractivity contribution is -0.0156. The molecule has 0 aliphatic heterocycles. The Labute approximate surface area is 126 Å². The van der Waals surface area contributed by atoms with Crippen LogP contribution in [0.15, 0.2) is 10.6 Å². The van der Waals surface area contributed by atoms with Gasteiger partial charge in [0.1, 0.15) is 5.76 Å². The van der Waals surface area contributed by atoms with Crippen LogP contribution in [0.25, 0.3) is 0 Å². The first-order chi connectivity index (χ1) is 10.3. The zero-order valence-corrected chi connectivity index (χ0v) is 12.9. The Morgan fingerprint density at radius 2 is 1.90 bits per heavy atom. The molecule has 4 nitrogen and oxygen atoms in total. The highest BCUT2D eigenvalue weighted by molar-refractivity contribution is 5.19. The van der Waals surface area contributed by atoms with Gasteiger partial charge in [0.05, 0.1) is 19.3 Å². The summed E-state index contributed by atoms with van der Waals surface area (Å²) in [6, 6.07) is 0. The topological polar surface area (TPSA) is 47.3 Å². The molecule has 0 unspecified atom stereocenters. The van der Waals surface area contributed by atoms with Crippen LogP contribution in [0.2, 0.25) is 0 Å². The first-order valence-electron chi connectivity index (χ1n) is 8.42. The van der Waals surface area contributed by atoms with Gasteiger partial charge in [0, 0.05) is 19.1 Å². The zero-order chi connectivity index (χ0) is 14.3. The second kappa shape index (κ2) is 5.40. The zero-order valence-electron chi connectivity index (χ0n) is 12.9. The monoisotopic (exact) mass is 290 g/mol. The molecule has 0 atom stereocenters. The van der Waals surface area contributed by atoms with E-state index in [1.54, 1.807) is 7.11 Å². The summed E-state index contributed by atoms with van der Waals surface area (Å²) in [5.74, 6) is 4.85. The molecule has 1 aromatic heterocycles. The Bertz CT molecular complexity index is 461. The molecule has 4 heteroatoms. The Hall–Kier alpha value is -0.870. The molecule has 0 radical (unpaired) electrons. The number of ether oxygens (including phenoxy) is 1. The molecule has 4 saturated carbocycles. The molecule has 5 rings (SSSR count). The van der Waals surface area contributed by atoms with Gasteiger partial charge in [0.15, 0.2) is 0 Å². The van der Waals surface area contributed by atoms with Crippen molar-refractivity contribution < 1.29 is 9.15 Å². The van der Waals surface area contributed by atoms with Gasteiger partial charge in [-0.3, -0.25) is 0 Å². The van der Waals surface area contributed by atoms with Gasteiger partial charge >= 0.3 is 0 Å². The van der Waals surface area contributed by atoms with Crippen LogP contribution < -0.4 is 5.32 Å². The molecule has 4 aliphatic carbocycles. The normalized spacial score (nSPS) is 37.3. The molecule has 21 heavy (non-hydrogen) atoms. The van der Waals surface area contributed by atoms with Crippen molar-refractivity contribution in [3.63, 3.8) is 0 Å². The molecule has 4 aliphatic rings. The van der Waals surface area contributed by atoms with E-state index in [0.717, 1.165) is 36.8 Å². The maximum atomic E-state index is 6.13. The van der Waals surface area contributed by atoms with Gasteiger partial charge in [0.25, 0.3) is 0 Å². The van der Waals surface area contributed by atoms with Gasteiger partial charge < -0.3 is 14.5 Å². The van der Waals surface area contributed by atoms with E-state index in [1.807, 2.05) is 6.20 Å². The number of nitrogens with one attached hydrogen (secondary N) is 1. The summed E-state index contributed by atoms with van der Waals surface area (Å²) in [7, 11) is 1.72. The van der Waals surface area contributed by atoms with Gasteiger partial charge in [-0.2, -0.15) is 0 Å². The summed E-state index contributed by atoms with van der Waals surface area (Å²) >= 11 is 0. The van der Waals surface area contributed by atoms with E-state index in [0.29, 0.717) is 12.0 Å². The Balaban J connectivity index is 1.45. The average Bonchev–Trinajstić information content (AvgIpc) is 2.92. The van der Waals surface area contributed by atoms with Crippen molar-refractivity contribution in [3.8, 4) is 0 Å². The van der Waals surface area contributed by atoms with Gasteiger partial charge in [-0.05, 0) is 56.3 Å². The number of nitrogens with zero attached hydrogens (tertiary/aromatic N) is 1. The molecule has 0 amide bonds. The number of oxazole rings is 1. The summed E-state index contributed by atoms with van der Waals surface area (Å²) in [4.78, 5) is 4.50. The molecular weight excluding hydrogens is 264 g/mol. The fraction of sp³-hybridized carbons (Fsp3) is 0.824. The van der Waals surface area contributed by atoms with Crippen LogP contribution in [0.1, 0.15) is 50.2 Å². The van der Waals surface area contributed by atoms with E-state index < -0.39 is 0 Å². The average molecular weight is 290 g/mol. The molecule has 116 valence electrons. The molecular formula is C17H26N2O2. The van der Waals surface area contributed by atoms with Crippen molar-refractivity contribution in [2.24, 2.45) is 17.8 Å². The van der Waals surface area contributed by atoms with E-state index in [4.69, 9.17) is 9.15 Å². The van der Waals surface area contributed by atoms with Crippen LogP contribution in [0.5, 0.6) is 0 Å². The van der Waals surface area contributed by atoms with Crippen molar-refractivity contribution in [1.29, 1.82) is 0 Å². The fourth-order valence-electron chi connectivity index (χ4n) is 5.42. The second-order valence-corrected chi connectivity index (χ2v) is 7.49. The third-order valence-corrected chi connectivity index (χ3v) is 5.87. The Morgan fingerprint density at radius 3 is 2.52 bits per heavy atom. The van der Waals surface area contributed by atoms with Crippen LogP contribution in [-0.4, -0.2) is 25.2 Å². The summed E-state index contributed by atoms with van der Waals surface area (Å²) in [5, 5.41) is 3.31. The first-order valence-corrected chi connectivity index (χ1v) is 8.42. The lowest BCUT2D eigenvalue weighted by Crippen LogP contribution is -2.48. The van der Waals surface area contributed by atoms with E-state index in [2.05, 4.69) is 10.3 Å². The third kappa shape index (κ3) is 2.53. The molecule has 1 N–H and O–H groups in total. The van der Waals surface area contributed by atoms with Crippen molar-refractivity contribution in [3.05, 3.63) is 17.8 Å². The van der Waals surface area contributed by atoms with E-state index in [-0.39, 0.29) is 0 Å². The van der Waals surface area contributed by atoms with Crippen LogP contribution in [0.3, 0.4) is 0 Å². The predicted molar refractivity (Wildman–Crippen MR) is 79.9 cm³/mol. The number of aromatic nitrogens is 1. The molecule has 0 aromatic carbocycles. The van der Waals surface area contributed by atoms with Crippen LogP contribution >= 0.6 is 0 Å². The highest BCUT2D eigenvalue weighted by Crippen LogP contribution is 2.60. The molecule has 1 heterocycles. The maximum absolute atomic E-state index is 6.13. The summed E-state index contributed by atoms with van der Waals surface area (Å²) in [5.41, 5.74) is 0.326. The molecule has 4 bridgehead atoms. The highest BCUT2D eigenvalue weighted by Gasteiger charge is 2.53. The second-order valence-electron chi connectivity index (χ2n) is 7.49. The molecule has 4 fully saturated rings. The fourth-order valence-corrected chi connectivity index (χ4v) is 5.42. The third-order valence-electron chi connectivity index (χ3n) is 5.87. The SMILES string of the molecule is COCCNCc1ncc(C23CC4CC(CC(C4)C2)C3)o1. The number of methoxy groups -OCH3 is 1. The maximum Gasteiger partial charge on any atom is 0.208 e. The molecule has 0 saturated heterocycles. The minimum atomic E-state index is 0.326. The lowest BCUT2D eigenvalue weighted by Gasteiger charge is -2.55. The number of hydrogen-bond donors (Lipinski definition) is 1. The van der Waals surface area contributed by atoms with Crippen molar-refractivity contribution in [1.82, 2.24) is 10.3 Å². The van der Waals surface area contributed by atoms with Crippen LogP contribution in [0.4, 0.5) is 0 Å². The smallest absolute Gasteiger partial charge is 0.208 e. The van der Waals surface area contributed by atoms with Crippen molar-refractivity contribution in [2.45, 2.75) is 50.5 Å². The molecule has 0 spiro atoms. The summed E-state index contributed by atoms with van der Waals surface area (Å²) in [6.07, 6.45) is 10.4. The number of rotatable bonds is 6.